The zero-order valence-electron chi connectivity index (χ0n) is 11.3. The predicted octanol–water partition coefficient (Wildman–Crippen LogP) is 2.84. The summed E-state index contributed by atoms with van der Waals surface area (Å²) in [6, 6.07) is 5.20. The molecular formula is C15H22ClN3. The van der Waals surface area contributed by atoms with Crippen LogP contribution in [0.5, 0.6) is 0 Å². The molecule has 0 bridgehead atoms. The van der Waals surface area contributed by atoms with Crippen molar-refractivity contribution in [2.24, 2.45) is 0 Å². The summed E-state index contributed by atoms with van der Waals surface area (Å²) in [6.45, 7) is 3.31. The fraction of sp³-hybridized carbons (Fsp3) is 0.667. The molecule has 4 heteroatoms. The highest BCUT2D eigenvalue weighted by Crippen LogP contribution is 2.25. The van der Waals surface area contributed by atoms with Crippen molar-refractivity contribution in [1.29, 1.82) is 0 Å². The van der Waals surface area contributed by atoms with Crippen LogP contribution in [-0.2, 0) is 6.54 Å². The van der Waals surface area contributed by atoms with Gasteiger partial charge in [0.05, 0.1) is 5.69 Å². The molecule has 104 valence electrons. The highest BCUT2D eigenvalue weighted by Gasteiger charge is 2.31. The lowest BCUT2D eigenvalue weighted by Crippen LogP contribution is -2.49. The Morgan fingerprint density at radius 3 is 3.05 bits per heavy atom. The Labute approximate surface area is 120 Å². The number of piperidine rings is 1. The number of aromatic nitrogens is 1. The smallest absolute Gasteiger partial charge is 0.0558 e. The largest absolute Gasteiger partial charge is 0.312 e. The summed E-state index contributed by atoms with van der Waals surface area (Å²) in [5.41, 5.74) is 1.09. The summed E-state index contributed by atoms with van der Waals surface area (Å²) >= 11 is 6.06. The van der Waals surface area contributed by atoms with Crippen LogP contribution in [0.3, 0.4) is 0 Å². The van der Waals surface area contributed by atoms with E-state index in [4.69, 9.17) is 11.6 Å². The Bertz CT molecular complexity index is 418. The molecule has 2 unspecified atom stereocenters. The zero-order chi connectivity index (χ0) is 13.1. The van der Waals surface area contributed by atoms with Crippen molar-refractivity contribution in [1.82, 2.24) is 15.2 Å². The van der Waals surface area contributed by atoms with E-state index >= 15 is 0 Å². The quantitative estimate of drug-likeness (QED) is 0.922. The first-order valence-corrected chi connectivity index (χ1v) is 7.78. The Balaban J connectivity index is 1.69. The van der Waals surface area contributed by atoms with Crippen LogP contribution in [0.25, 0.3) is 0 Å². The summed E-state index contributed by atoms with van der Waals surface area (Å²) in [5.74, 6) is 0. The Morgan fingerprint density at radius 1 is 1.32 bits per heavy atom. The van der Waals surface area contributed by atoms with Crippen LogP contribution in [-0.4, -0.2) is 35.1 Å². The van der Waals surface area contributed by atoms with Gasteiger partial charge in [0.15, 0.2) is 0 Å². The molecule has 2 saturated heterocycles. The van der Waals surface area contributed by atoms with Gasteiger partial charge in [-0.1, -0.05) is 18.0 Å². The van der Waals surface area contributed by atoms with Gasteiger partial charge in [0.2, 0.25) is 0 Å². The summed E-state index contributed by atoms with van der Waals surface area (Å²) in [5, 5.41) is 4.45. The van der Waals surface area contributed by atoms with E-state index in [0.717, 1.165) is 17.3 Å². The minimum absolute atomic E-state index is 0.678. The van der Waals surface area contributed by atoms with E-state index in [2.05, 4.69) is 15.2 Å². The molecule has 2 aliphatic heterocycles. The number of likely N-dealkylation sites (tertiary alicyclic amines) is 1. The minimum atomic E-state index is 0.678. The normalized spacial score (nSPS) is 28.7. The van der Waals surface area contributed by atoms with E-state index in [-0.39, 0.29) is 0 Å². The zero-order valence-corrected chi connectivity index (χ0v) is 12.1. The highest BCUT2D eigenvalue weighted by molar-refractivity contribution is 6.30. The van der Waals surface area contributed by atoms with E-state index in [9.17, 15) is 0 Å². The third kappa shape index (κ3) is 3.28. The molecule has 3 rings (SSSR count). The summed E-state index contributed by atoms with van der Waals surface area (Å²) in [7, 11) is 0. The molecular weight excluding hydrogens is 258 g/mol. The molecule has 2 aliphatic rings. The van der Waals surface area contributed by atoms with Crippen LogP contribution in [0, 0.1) is 0 Å². The maximum atomic E-state index is 6.06. The second kappa shape index (κ2) is 6.21. The summed E-state index contributed by atoms with van der Waals surface area (Å²) in [6.07, 6.45) is 8.45. The lowest BCUT2D eigenvalue weighted by atomic mass is 9.94. The fourth-order valence-corrected chi connectivity index (χ4v) is 3.63. The van der Waals surface area contributed by atoms with Gasteiger partial charge in [-0.3, -0.25) is 9.88 Å². The number of hydrogen-bond donors (Lipinski definition) is 1. The topological polar surface area (TPSA) is 28.2 Å². The van der Waals surface area contributed by atoms with Crippen LogP contribution >= 0.6 is 11.6 Å². The van der Waals surface area contributed by atoms with Gasteiger partial charge in [0, 0.05) is 29.8 Å². The van der Waals surface area contributed by atoms with Crippen LogP contribution < -0.4 is 5.32 Å². The van der Waals surface area contributed by atoms with Gasteiger partial charge < -0.3 is 5.32 Å². The van der Waals surface area contributed by atoms with Gasteiger partial charge in [0.25, 0.3) is 0 Å². The van der Waals surface area contributed by atoms with Crippen molar-refractivity contribution in [2.45, 2.75) is 50.7 Å². The van der Waals surface area contributed by atoms with Crippen molar-refractivity contribution in [2.75, 3.05) is 13.1 Å². The average Bonchev–Trinajstić information content (AvgIpc) is 2.93. The highest BCUT2D eigenvalue weighted by atomic mass is 35.5. The van der Waals surface area contributed by atoms with Crippen molar-refractivity contribution < 1.29 is 0 Å². The van der Waals surface area contributed by atoms with Crippen LogP contribution in [0.4, 0.5) is 0 Å². The van der Waals surface area contributed by atoms with Gasteiger partial charge in [-0.15, -0.1) is 0 Å². The first-order valence-electron chi connectivity index (χ1n) is 7.41. The Morgan fingerprint density at radius 2 is 2.26 bits per heavy atom. The molecule has 1 N–H and O–H groups in total. The van der Waals surface area contributed by atoms with Crippen molar-refractivity contribution in [3.63, 3.8) is 0 Å². The lowest BCUT2D eigenvalue weighted by molar-refractivity contribution is 0.111. The molecule has 0 amide bonds. The van der Waals surface area contributed by atoms with Gasteiger partial charge in [-0.05, 0) is 50.9 Å². The van der Waals surface area contributed by atoms with Crippen LogP contribution in [0.15, 0.2) is 18.3 Å². The van der Waals surface area contributed by atoms with E-state index < -0.39 is 0 Å². The maximum absolute atomic E-state index is 6.06. The third-order valence-electron chi connectivity index (χ3n) is 4.37. The molecule has 19 heavy (non-hydrogen) atoms. The van der Waals surface area contributed by atoms with E-state index in [1.165, 1.54) is 45.2 Å². The number of hydrogen-bond acceptors (Lipinski definition) is 3. The van der Waals surface area contributed by atoms with Gasteiger partial charge in [-0.2, -0.15) is 0 Å². The molecule has 3 nitrogen and oxygen atoms in total. The number of rotatable bonds is 3. The third-order valence-corrected chi connectivity index (χ3v) is 4.61. The molecule has 3 heterocycles. The predicted molar refractivity (Wildman–Crippen MR) is 78.3 cm³/mol. The average molecular weight is 280 g/mol. The summed E-state index contributed by atoms with van der Waals surface area (Å²) in [4.78, 5) is 7.05. The van der Waals surface area contributed by atoms with E-state index in [0.29, 0.717) is 12.1 Å². The maximum Gasteiger partial charge on any atom is 0.0558 e. The Hall–Kier alpha value is -0.640. The first kappa shape index (κ1) is 13.3. The molecule has 2 atom stereocenters. The monoisotopic (exact) mass is 279 g/mol. The molecule has 0 saturated carbocycles. The minimum Gasteiger partial charge on any atom is -0.312 e. The molecule has 0 spiro atoms. The van der Waals surface area contributed by atoms with Crippen molar-refractivity contribution in [3.05, 3.63) is 29.0 Å². The molecule has 2 fully saturated rings. The first-order chi connectivity index (χ1) is 9.33. The van der Waals surface area contributed by atoms with Gasteiger partial charge in [-0.25, -0.2) is 0 Å². The molecule has 0 aliphatic carbocycles. The van der Waals surface area contributed by atoms with Crippen LogP contribution in [0.1, 0.15) is 37.8 Å². The second-order valence-corrected chi connectivity index (χ2v) is 6.14. The lowest BCUT2D eigenvalue weighted by Gasteiger charge is -2.39. The Kier molecular flexibility index (Phi) is 4.36. The molecule has 0 aromatic carbocycles. The SMILES string of the molecule is Clc1ccnc(CN2CCCCC2C2CCCN2)c1. The van der Waals surface area contributed by atoms with Gasteiger partial charge in [0.1, 0.15) is 0 Å². The van der Waals surface area contributed by atoms with E-state index in [1.54, 1.807) is 0 Å². The number of pyridine rings is 1. The second-order valence-electron chi connectivity index (χ2n) is 5.70. The molecule has 0 radical (unpaired) electrons. The fourth-order valence-electron chi connectivity index (χ4n) is 3.45. The standard InChI is InChI=1S/C15H22ClN3/c16-12-6-8-17-13(10-12)11-19-9-2-1-5-15(19)14-4-3-7-18-14/h6,8,10,14-15,18H,1-5,7,9,11H2. The number of nitrogens with one attached hydrogen (secondary N) is 1. The van der Waals surface area contributed by atoms with Crippen molar-refractivity contribution >= 4 is 11.6 Å². The summed E-state index contributed by atoms with van der Waals surface area (Å²) < 4.78 is 0. The van der Waals surface area contributed by atoms with Crippen molar-refractivity contribution in [3.8, 4) is 0 Å². The molecule has 1 aromatic heterocycles. The number of nitrogens with zero attached hydrogens (tertiary/aromatic N) is 2. The molecule has 1 aromatic rings. The van der Waals surface area contributed by atoms with Crippen LogP contribution in [0.2, 0.25) is 5.02 Å². The number of halogens is 1. The van der Waals surface area contributed by atoms with Gasteiger partial charge >= 0.3 is 0 Å². The van der Waals surface area contributed by atoms with E-state index in [1.807, 2.05) is 18.3 Å².